The van der Waals surface area contributed by atoms with E-state index in [4.69, 9.17) is 24.4 Å². The first-order chi connectivity index (χ1) is 7.44. The molecule has 0 atom stereocenters. The van der Waals surface area contributed by atoms with Gasteiger partial charge in [0.2, 0.25) is 0 Å². The maximum Gasteiger partial charge on any atom is 1.00 e. The topological polar surface area (TPSA) is 101 Å². The summed E-state index contributed by atoms with van der Waals surface area (Å²) in [6.07, 6.45) is 0. The molecular weight excluding hydrogens is 393 g/mol. The number of thiol groups is 2. The van der Waals surface area contributed by atoms with Crippen LogP contribution < -0.4 is 88.7 Å². The Labute approximate surface area is 228 Å². The van der Waals surface area contributed by atoms with Crippen LogP contribution in [0.2, 0.25) is 0 Å². The molecule has 126 valence electrons. The molecule has 0 bridgehead atoms. The molecule has 0 saturated heterocycles. The smallest absolute Gasteiger partial charge is 1.00 e. The minimum absolute atomic E-state index is 0. The van der Waals surface area contributed by atoms with Crippen molar-refractivity contribution in [3.05, 3.63) is 0 Å². The maximum atomic E-state index is 4.81. The van der Waals surface area contributed by atoms with Gasteiger partial charge in [-0.25, -0.2) is 0 Å². The minimum atomic E-state index is 0. The van der Waals surface area contributed by atoms with Gasteiger partial charge in [-0.15, -0.1) is 25.3 Å². The molecule has 0 heterocycles. The molecule has 6 N–H and O–H groups in total. The largest absolute Gasteiger partial charge is 1.00 e. The van der Waals surface area contributed by atoms with Gasteiger partial charge < -0.3 is 30.5 Å². The number of nitrogens with zero attached hydrogens (tertiary/aromatic N) is 2. The van der Waals surface area contributed by atoms with Gasteiger partial charge in [0.25, 0.3) is 0 Å². The first-order valence-electron chi connectivity index (χ1n) is 5.40. The zero-order chi connectivity index (χ0) is 13.1. The minimum Gasteiger partial charge on any atom is -1.00 e. The Bertz CT molecular complexity index is 217. The zero-order valence-electron chi connectivity index (χ0n) is 17.9. The first-order valence-corrected chi connectivity index (χ1v) is 7.11. The van der Waals surface area contributed by atoms with Crippen LogP contribution in [0, 0.1) is 0 Å². The van der Waals surface area contributed by atoms with Gasteiger partial charge in [-0.1, -0.05) is 24.4 Å². The Balaban J connectivity index is -0.0000000128. The Morgan fingerprint density at radius 2 is 0.818 bits per heavy atom. The van der Waals surface area contributed by atoms with Crippen LogP contribution in [0.1, 0.15) is 32.0 Å². The molecule has 0 amide bonds. The van der Waals surface area contributed by atoms with E-state index in [9.17, 15) is 0 Å². The monoisotopic (exact) mass is 424 g/mol. The SMILES string of the molecule is CCN(CC)C(=S)S.CCN(CC)C(=S)S.O.O.O.[H-].[H-].[H-].[Na+].[Na+].[Na+]. The molecule has 0 radical (unpaired) electrons. The van der Waals surface area contributed by atoms with Crippen LogP contribution in [-0.4, -0.2) is 61.0 Å². The molecule has 0 spiro atoms. The molecule has 0 aromatic carbocycles. The van der Waals surface area contributed by atoms with Crippen molar-refractivity contribution < 1.29 is 109 Å². The van der Waals surface area contributed by atoms with Gasteiger partial charge >= 0.3 is 88.7 Å². The van der Waals surface area contributed by atoms with Gasteiger partial charge in [0.1, 0.15) is 8.64 Å². The first kappa shape index (κ1) is 49.9. The van der Waals surface area contributed by atoms with Crippen molar-refractivity contribution in [2.75, 3.05) is 26.2 Å². The average molecular weight is 425 g/mol. The summed E-state index contributed by atoms with van der Waals surface area (Å²) >= 11 is 17.6. The Morgan fingerprint density at radius 3 is 0.818 bits per heavy atom. The normalized spacial score (nSPS) is 6.45. The third-order valence-electron chi connectivity index (χ3n) is 2.07. The fourth-order valence-corrected chi connectivity index (χ4v) is 2.07. The van der Waals surface area contributed by atoms with Crippen LogP contribution in [0.4, 0.5) is 0 Å². The van der Waals surface area contributed by atoms with E-state index in [1.165, 1.54) is 0 Å². The number of thiocarbonyl (C=S) groups is 2. The molecule has 12 heteroatoms. The van der Waals surface area contributed by atoms with Gasteiger partial charge in [0, 0.05) is 26.2 Å². The maximum absolute atomic E-state index is 4.81. The molecule has 0 aliphatic rings. The summed E-state index contributed by atoms with van der Waals surface area (Å²) in [5, 5.41) is 0. The summed E-state index contributed by atoms with van der Waals surface area (Å²) in [4.78, 5) is 4.02. The second-order valence-electron chi connectivity index (χ2n) is 2.91. The quantitative estimate of drug-likeness (QED) is 0.266. The number of hydrogen-bond donors (Lipinski definition) is 2. The van der Waals surface area contributed by atoms with E-state index in [0.29, 0.717) is 8.64 Å². The van der Waals surface area contributed by atoms with Crippen molar-refractivity contribution in [1.82, 2.24) is 9.80 Å². The fourth-order valence-electron chi connectivity index (χ4n) is 0.988. The summed E-state index contributed by atoms with van der Waals surface area (Å²) in [7, 11) is 0. The predicted molar refractivity (Wildman–Crippen MR) is 103 cm³/mol. The van der Waals surface area contributed by atoms with Crippen LogP contribution >= 0.6 is 49.7 Å². The van der Waals surface area contributed by atoms with Crippen molar-refractivity contribution in [2.24, 2.45) is 0 Å². The van der Waals surface area contributed by atoms with Crippen molar-refractivity contribution in [3.8, 4) is 0 Å². The molecule has 0 fully saturated rings. The molecular formula is C10H31N2Na3O3S4. The second-order valence-corrected chi connectivity index (χ2v) is 5.14. The second kappa shape index (κ2) is 35.5. The van der Waals surface area contributed by atoms with E-state index in [-0.39, 0.29) is 109 Å². The van der Waals surface area contributed by atoms with E-state index in [0.717, 1.165) is 26.2 Å². The Kier molecular flexibility index (Phi) is 80.5. The summed E-state index contributed by atoms with van der Waals surface area (Å²) in [5.41, 5.74) is 0. The van der Waals surface area contributed by atoms with Crippen LogP contribution in [0.15, 0.2) is 0 Å². The van der Waals surface area contributed by atoms with E-state index in [2.05, 4.69) is 53.0 Å². The van der Waals surface area contributed by atoms with E-state index < -0.39 is 0 Å². The molecule has 0 aliphatic heterocycles. The van der Waals surface area contributed by atoms with Gasteiger partial charge in [-0.2, -0.15) is 0 Å². The number of rotatable bonds is 4. The summed E-state index contributed by atoms with van der Waals surface area (Å²) in [6, 6.07) is 0. The molecule has 5 nitrogen and oxygen atoms in total. The Hall–Kier alpha value is 3.36. The number of hydrogen-bond acceptors (Lipinski definition) is 2. The van der Waals surface area contributed by atoms with Crippen LogP contribution in [0.25, 0.3) is 0 Å². The molecule has 0 saturated carbocycles. The zero-order valence-corrected chi connectivity index (χ0v) is 24.4. The molecule has 0 aromatic rings. The van der Waals surface area contributed by atoms with Crippen LogP contribution in [-0.2, 0) is 0 Å². The van der Waals surface area contributed by atoms with Gasteiger partial charge in [0.15, 0.2) is 0 Å². The molecule has 0 unspecified atom stereocenters. The molecule has 0 aliphatic carbocycles. The summed E-state index contributed by atoms with van der Waals surface area (Å²) in [6.45, 7) is 12.1. The molecule has 0 rings (SSSR count). The van der Waals surface area contributed by atoms with Crippen molar-refractivity contribution >= 4 is 58.3 Å². The Morgan fingerprint density at radius 1 is 0.682 bits per heavy atom. The standard InChI is InChI=1S/2C5H11NS2.3Na.3H2O.3H/c2*1-3-6(4-2)5(7)8;;;;;;;;;/h2*3-4H2,1-2H3,(H,7,8);;;;3*1H2;;;/q;;3*+1;;;;3*-1. The van der Waals surface area contributed by atoms with Gasteiger partial charge in [-0.3, -0.25) is 0 Å². The average Bonchev–Trinajstić information content (AvgIpc) is 2.21. The molecule has 22 heavy (non-hydrogen) atoms. The van der Waals surface area contributed by atoms with Crippen LogP contribution in [0.3, 0.4) is 0 Å². The summed E-state index contributed by atoms with van der Waals surface area (Å²) < 4.78 is 1.38. The predicted octanol–water partition coefficient (Wildman–Crippen LogP) is -8.04. The van der Waals surface area contributed by atoms with Crippen molar-refractivity contribution in [2.45, 2.75) is 27.7 Å². The van der Waals surface area contributed by atoms with Gasteiger partial charge in [-0.05, 0) is 27.7 Å². The van der Waals surface area contributed by atoms with Crippen LogP contribution in [0.5, 0.6) is 0 Å². The van der Waals surface area contributed by atoms with E-state index in [1.54, 1.807) is 0 Å². The molecule has 0 aromatic heterocycles. The van der Waals surface area contributed by atoms with E-state index >= 15 is 0 Å². The fraction of sp³-hybridized carbons (Fsp3) is 0.800. The summed E-state index contributed by atoms with van der Waals surface area (Å²) in [5.74, 6) is 0. The van der Waals surface area contributed by atoms with Crippen molar-refractivity contribution in [3.63, 3.8) is 0 Å². The van der Waals surface area contributed by atoms with E-state index in [1.807, 2.05) is 9.80 Å². The van der Waals surface area contributed by atoms with Gasteiger partial charge in [0.05, 0.1) is 0 Å². The third kappa shape index (κ3) is 31.2. The van der Waals surface area contributed by atoms with Crippen molar-refractivity contribution in [1.29, 1.82) is 0 Å². The third-order valence-corrected chi connectivity index (χ3v) is 3.15.